The number of hydrogen-bond acceptors (Lipinski definition) is 4. The molecule has 1 aliphatic rings. The summed E-state index contributed by atoms with van der Waals surface area (Å²) in [6.07, 6.45) is -4.81. The second-order valence-corrected chi connectivity index (χ2v) is 7.36. The Morgan fingerprint density at radius 3 is 2.59 bits per heavy atom. The van der Waals surface area contributed by atoms with Crippen LogP contribution in [0.1, 0.15) is 29.3 Å². The molecule has 2 heterocycles. The number of nitrogens with zero attached hydrogens (tertiary/aromatic N) is 3. The lowest BCUT2D eigenvalue weighted by Crippen LogP contribution is -2.50. The maximum absolute atomic E-state index is 13.2. The first-order valence-corrected chi connectivity index (χ1v) is 9.52. The number of alkyl halides is 3. The van der Waals surface area contributed by atoms with E-state index in [0.717, 1.165) is 22.3 Å². The summed E-state index contributed by atoms with van der Waals surface area (Å²) in [6.45, 7) is 3.12. The highest BCUT2D eigenvalue weighted by Gasteiger charge is 2.34. The zero-order valence-electron chi connectivity index (χ0n) is 15.7. The molecular formula is C18H21F4IN4OS. The summed E-state index contributed by atoms with van der Waals surface area (Å²) in [7, 11) is 1.61. The van der Waals surface area contributed by atoms with Gasteiger partial charge in [0.25, 0.3) is 0 Å². The van der Waals surface area contributed by atoms with Gasteiger partial charge in [-0.2, -0.15) is 13.2 Å². The van der Waals surface area contributed by atoms with E-state index in [1.54, 1.807) is 19.2 Å². The number of guanidine groups is 1. The quantitative estimate of drug-likeness (QED) is 0.269. The van der Waals surface area contributed by atoms with E-state index in [1.165, 1.54) is 12.1 Å². The number of morpholine rings is 1. The van der Waals surface area contributed by atoms with E-state index in [1.807, 2.05) is 11.8 Å². The number of nitrogens with one attached hydrogen (secondary N) is 1. The van der Waals surface area contributed by atoms with Gasteiger partial charge in [0.15, 0.2) is 11.7 Å². The fourth-order valence-corrected chi connectivity index (χ4v) is 3.74. The highest BCUT2D eigenvalue weighted by molar-refractivity contribution is 14.0. The van der Waals surface area contributed by atoms with E-state index in [4.69, 9.17) is 4.74 Å². The SMILES string of the molecule is CN=C(NCc1nc(C(F)(F)F)cs1)N1CC(C)OC(c2ccc(F)cc2)C1.I. The molecule has 0 radical (unpaired) electrons. The summed E-state index contributed by atoms with van der Waals surface area (Å²) in [5, 5.41) is 4.39. The van der Waals surface area contributed by atoms with E-state index in [2.05, 4.69) is 15.3 Å². The smallest absolute Gasteiger partial charge is 0.367 e. The predicted octanol–water partition coefficient (Wildman–Crippen LogP) is 4.46. The summed E-state index contributed by atoms with van der Waals surface area (Å²) in [6, 6.07) is 6.13. The Balaban J connectivity index is 0.00000300. The molecule has 0 bridgehead atoms. The molecule has 1 saturated heterocycles. The molecule has 29 heavy (non-hydrogen) atoms. The lowest BCUT2D eigenvalue weighted by atomic mass is 10.1. The second kappa shape index (κ2) is 10.0. The van der Waals surface area contributed by atoms with Crippen LogP contribution in [0.2, 0.25) is 0 Å². The molecule has 0 saturated carbocycles. The molecular weight excluding hydrogens is 523 g/mol. The fraction of sp³-hybridized carbons (Fsp3) is 0.444. The van der Waals surface area contributed by atoms with Crippen molar-refractivity contribution in [3.63, 3.8) is 0 Å². The van der Waals surface area contributed by atoms with Crippen molar-refractivity contribution in [1.29, 1.82) is 0 Å². The summed E-state index contributed by atoms with van der Waals surface area (Å²) >= 11 is 0.948. The van der Waals surface area contributed by atoms with Crippen LogP contribution in [0.15, 0.2) is 34.6 Å². The number of thiazole rings is 1. The number of rotatable bonds is 3. The van der Waals surface area contributed by atoms with E-state index in [9.17, 15) is 17.6 Å². The Labute approximate surface area is 187 Å². The normalized spacial score (nSPS) is 20.3. The molecule has 11 heteroatoms. The Bertz CT molecular complexity index is 828. The summed E-state index contributed by atoms with van der Waals surface area (Å²) in [5.74, 6) is 0.231. The van der Waals surface area contributed by atoms with Crippen molar-refractivity contribution in [2.75, 3.05) is 20.1 Å². The maximum atomic E-state index is 13.2. The minimum absolute atomic E-state index is 0. The van der Waals surface area contributed by atoms with Gasteiger partial charge in [-0.25, -0.2) is 9.37 Å². The van der Waals surface area contributed by atoms with Crippen molar-refractivity contribution in [3.8, 4) is 0 Å². The van der Waals surface area contributed by atoms with Crippen molar-refractivity contribution in [2.45, 2.75) is 31.9 Å². The van der Waals surface area contributed by atoms with Gasteiger partial charge in [0, 0.05) is 19.0 Å². The van der Waals surface area contributed by atoms with Gasteiger partial charge in [0.2, 0.25) is 0 Å². The molecule has 2 aromatic rings. The maximum Gasteiger partial charge on any atom is 0.434 e. The third-order valence-electron chi connectivity index (χ3n) is 4.25. The van der Waals surface area contributed by atoms with Gasteiger partial charge in [-0.3, -0.25) is 4.99 Å². The number of benzene rings is 1. The lowest BCUT2D eigenvalue weighted by molar-refractivity contribution is -0.140. The summed E-state index contributed by atoms with van der Waals surface area (Å²) < 4.78 is 57.2. The first-order valence-electron chi connectivity index (χ1n) is 8.64. The van der Waals surface area contributed by atoms with Crippen LogP contribution in [0.25, 0.3) is 0 Å². The van der Waals surface area contributed by atoms with Crippen molar-refractivity contribution in [2.24, 2.45) is 4.99 Å². The van der Waals surface area contributed by atoms with Gasteiger partial charge < -0.3 is 15.0 Å². The number of ether oxygens (including phenoxy) is 1. The minimum atomic E-state index is -4.45. The van der Waals surface area contributed by atoms with E-state index in [-0.39, 0.29) is 48.5 Å². The van der Waals surface area contributed by atoms with Crippen LogP contribution < -0.4 is 5.32 Å². The lowest BCUT2D eigenvalue weighted by Gasteiger charge is -2.38. The molecule has 5 nitrogen and oxygen atoms in total. The Kier molecular flexibility index (Phi) is 8.23. The molecule has 1 aliphatic heterocycles. The minimum Gasteiger partial charge on any atom is -0.367 e. The van der Waals surface area contributed by atoms with Gasteiger partial charge in [-0.05, 0) is 24.6 Å². The predicted molar refractivity (Wildman–Crippen MR) is 114 cm³/mol. The van der Waals surface area contributed by atoms with Gasteiger partial charge in [-0.1, -0.05) is 12.1 Å². The third-order valence-corrected chi connectivity index (χ3v) is 5.10. The average molecular weight is 544 g/mol. The summed E-state index contributed by atoms with van der Waals surface area (Å²) in [5.41, 5.74) is -0.0381. The molecule has 1 fully saturated rings. The van der Waals surface area contributed by atoms with E-state index < -0.39 is 11.9 Å². The van der Waals surface area contributed by atoms with E-state index >= 15 is 0 Å². The van der Waals surface area contributed by atoms with E-state index in [0.29, 0.717) is 24.1 Å². The zero-order valence-corrected chi connectivity index (χ0v) is 18.9. The highest BCUT2D eigenvalue weighted by atomic mass is 127. The molecule has 0 aliphatic carbocycles. The van der Waals surface area contributed by atoms with Crippen LogP contribution in [-0.2, 0) is 17.5 Å². The number of hydrogen-bond donors (Lipinski definition) is 1. The largest absolute Gasteiger partial charge is 0.434 e. The number of aliphatic imine (C=N–C) groups is 1. The van der Waals surface area contributed by atoms with Crippen LogP contribution >= 0.6 is 35.3 Å². The third kappa shape index (κ3) is 6.25. The van der Waals surface area contributed by atoms with Crippen LogP contribution in [-0.4, -0.2) is 42.1 Å². The molecule has 2 atom stereocenters. The van der Waals surface area contributed by atoms with Crippen LogP contribution in [0.5, 0.6) is 0 Å². The molecule has 0 spiro atoms. The summed E-state index contributed by atoms with van der Waals surface area (Å²) in [4.78, 5) is 9.82. The van der Waals surface area contributed by atoms with Crippen molar-refractivity contribution in [3.05, 3.63) is 51.7 Å². The molecule has 1 aromatic carbocycles. The Morgan fingerprint density at radius 1 is 1.31 bits per heavy atom. The average Bonchev–Trinajstić information content (AvgIpc) is 3.12. The molecule has 2 unspecified atom stereocenters. The molecule has 160 valence electrons. The molecule has 3 rings (SSSR count). The van der Waals surface area contributed by atoms with Crippen molar-refractivity contribution in [1.82, 2.24) is 15.2 Å². The van der Waals surface area contributed by atoms with Gasteiger partial charge in [0.05, 0.1) is 19.2 Å². The van der Waals surface area contributed by atoms with Gasteiger partial charge in [0.1, 0.15) is 16.9 Å². The Morgan fingerprint density at radius 2 is 2.00 bits per heavy atom. The van der Waals surface area contributed by atoms with Gasteiger partial charge >= 0.3 is 6.18 Å². The molecule has 0 amide bonds. The second-order valence-electron chi connectivity index (χ2n) is 6.42. The topological polar surface area (TPSA) is 49.8 Å². The first-order chi connectivity index (χ1) is 13.3. The van der Waals surface area contributed by atoms with Crippen LogP contribution in [0.4, 0.5) is 17.6 Å². The Hall–Kier alpha value is -1.47. The van der Waals surface area contributed by atoms with Crippen LogP contribution in [0, 0.1) is 5.82 Å². The number of halogens is 5. The van der Waals surface area contributed by atoms with Crippen LogP contribution in [0.3, 0.4) is 0 Å². The fourth-order valence-electron chi connectivity index (χ4n) is 3.00. The van der Waals surface area contributed by atoms with Crippen molar-refractivity contribution < 1.29 is 22.3 Å². The van der Waals surface area contributed by atoms with Crippen molar-refractivity contribution >= 4 is 41.3 Å². The first kappa shape index (κ1) is 23.8. The highest BCUT2D eigenvalue weighted by Crippen LogP contribution is 2.30. The molecule has 1 aromatic heterocycles. The number of aromatic nitrogens is 1. The zero-order chi connectivity index (χ0) is 20.3. The standard InChI is InChI=1S/C18H20F4N4OS.HI/c1-11-8-26(9-14(27-11)12-3-5-13(19)6-4-12)17(23-2)24-7-16-25-15(10-28-16)18(20,21)22;/h3-6,10-11,14H,7-9H2,1-2H3,(H,23,24);1H. The molecule has 1 N–H and O–H groups in total. The monoisotopic (exact) mass is 544 g/mol. The van der Waals surface area contributed by atoms with Gasteiger partial charge in [-0.15, -0.1) is 35.3 Å².